The highest BCUT2D eigenvalue weighted by Crippen LogP contribution is 2.39. The van der Waals surface area contributed by atoms with Gasteiger partial charge in [-0.3, -0.25) is 9.88 Å². The van der Waals surface area contributed by atoms with Crippen molar-refractivity contribution in [1.29, 1.82) is 0 Å². The van der Waals surface area contributed by atoms with Crippen molar-refractivity contribution in [2.24, 2.45) is 0 Å². The number of aliphatic hydroxyl groups is 1. The third kappa shape index (κ3) is 4.42. The second-order valence-electron chi connectivity index (χ2n) is 9.74. The Hall–Kier alpha value is -2.58. The standard InChI is InChI=1S/C27H30ClN3O4/c1-33-20-5-6-23-21(11-20)27(22(28)13-30-23)24(32)14-31-18-3-4-19(31)10-17(9-18)29-12-16-2-7-25-26(8-16)35-15-34-25/h2,5-8,11,13,17-19,24,29,32H,3-4,9-10,12,14-15H2,1H3. The molecule has 2 fully saturated rings. The Kier molecular flexibility index (Phi) is 6.18. The molecule has 1 aromatic heterocycles. The third-order valence-electron chi connectivity index (χ3n) is 7.70. The Morgan fingerprint density at radius 1 is 1.14 bits per heavy atom. The maximum atomic E-state index is 11.3. The Balaban J connectivity index is 1.13. The minimum Gasteiger partial charge on any atom is -0.497 e. The summed E-state index contributed by atoms with van der Waals surface area (Å²) >= 11 is 6.55. The third-order valence-corrected chi connectivity index (χ3v) is 8.00. The van der Waals surface area contributed by atoms with Gasteiger partial charge in [-0.25, -0.2) is 0 Å². The quantitative estimate of drug-likeness (QED) is 0.501. The zero-order valence-electron chi connectivity index (χ0n) is 19.7. The van der Waals surface area contributed by atoms with Gasteiger partial charge in [0.2, 0.25) is 6.79 Å². The van der Waals surface area contributed by atoms with Gasteiger partial charge in [0.25, 0.3) is 0 Å². The van der Waals surface area contributed by atoms with Crippen molar-refractivity contribution in [3.8, 4) is 17.2 Å². The smallest absolute Gasteiger partial charge is 0.231 e. The Morgan fingerprint density at radius 3 is 2.74 bits per heavy atom. The van der Waals surface area contributed by atoms with Gasteiger partial charge in [-0.15, -0.1) is 0 Å². The van der Waals surface area contributed by atoms with Crippen molar-refractivity contribution < 1.29 is 19.3 Å². The minimum absolute atomic E-state index is 0.300. The van der Waals surface area contributed by atoms with E-state index in [9.17, 15) is 5.11 Å². The summed E-state index contributed by atoms with van der Waals surface area (Å²) in [5.74, 6) is 2.37. The number of halogens is 1. The normalized spacial score (nSPS) is 24.1. The van der Waals surface area contributed by atoms with E-state index in [-0.39, 0.29) is 0 Å². The second kappa shape index (κ2) is 9.47. The predicted octanol–water partition coefficient (Wildman–Crippen LogP) is 4.44. The van der Waals surface area contributed by atoms with Crippen LogP contribution in [0.25, 0.3) is 10.9 Å². The number of benzene rings is 2. The number of methoxy groups -OCH3 is 1. The molecule has 4 heterocycles. The molecule has 2 N–H and O–H groups in total. The molecule has 8 heteroatoms. The molecule has 3 atom stereocenters. The van der Waals surface area contributed by atoms with E-state index in [2.05, 4.69) is 27.3 Å². The Bertz CT molecular complexity index is 1220. The second-order valence-corrected chi connectivity index (χ2v) is 10.1. The van der Waals surface area contributed by atoms with Crippen LogP contribution in [0.2, 0.25) is 5.02 Å². The molecule has 6 rings (SSSR count). The van der Waals surface area contributed by atoms with Gasteiger partial charge in [0.1, 0.15) is 5.75 Å². The van der Waals surface area contributed by atoms with Crippen molar-refractivity contribution in [3.63, 3.8) is 0 Å². The highest BCUT2D eigenvalue weighted by atomic mass is 35.5. The number of hydrogen-bond acceptors (Lipinski definition) is 7. The van der Waals surface area contributed by atoms with Crippen LogP contribution in [0.1, 0.15) is 42.9 Å². The zero-order chi connectivity index (χ0) is 23.9. The van der Waals surface area contributed by atoms with Gasteiger partial charge < -0.3 is 24.6 Å². The summed E-state index contributed by atoms with van der Waals surface area (Å²) in [6, 6.07) is 13.2. The van der Waals surface area contributed by atoms with Gasteiger partial charge >= 0.3 is 0 Å². The number of aliphatic hydroxyl groups excluding tert-OH is 1. The van der Waals surface area contributed by atoms with Crippen LogP contribution in [0.3, 0.4) is 0 Å². The van der Waals surface area contributed by atoms with Gasteiger partial charge in [-0.05, 0) is 61.6 Å². The number of fused-ring (bicyclic) bond motifs is 4. The van der Waals surface area contributed by atoms with Gasteiger partial charge in [0.15, 0.2) is 11.5 Å². The fraction of sp³-hybridized carbons (Fsp3) is 0.444. The summed E-state index contributed by atoms with van der Waals surface area (Å²) in [6.07, 6.45) is 5.42. The van der Waals surface area contributed by atoms with E-state index in [1.54, 1.807) is 13.3 Å². The summed E-state index contributed by atoms with van der Waals surface area (Å²) in [5.41, 5.74) is 2.74. The molecule has 0 amide bonds. The van der Waals surface area contributed by atoms with Gasteiger partial charge in [0.05, 0.1) is 23.8 Å². The highest BCUT2D eigenvalue weighted by Gasteiger charge is 2.41. The summed E-state index contributed by atoms with van der Waals surface area (Å²) < 4.78 is 16.3. The fourth-order valence-corrected chi connectivity index (χ4v) is 6.25. The van der Waals surface area contributed by atoms with E-state index in [1.165, 1.54) is 5.56 Å². The lowest BCUT2D eigenvalue weighted by molar-refractivity contribution is 0.0522. The summed E-state index contributed by atoms with van der Waals surface area (Å²) in [7, 11) is 1.64. The van der Waals surface area contributed by atoms with Gasteiger partial charge in [-0.2, -0.15) is 0 Å². The maximum absolute atomic E-state index is 11.3. The molecule has 184 valence electrons. The molecule has 7 nitrogen and oxygen atoms in total. The van der Waals surface area contributed by atoms with Crippen molar-refractivity contribution >= 4 is 22.5 Å². The fourth-order valence-electron chi connectivity index (χ4n) is 5.98. The summed E-state index contributed by atoms with van der Waals surface area (Å²) in [6.45, 7) is 1.68. The Morgan fingerprint density at radius 2 is 1.94 bits per heavy atom. The summed E-state index contributed by atoms with van der Waals surface area (Å²) in [4.78, 5) is 6.92. The molecule has 3 aliphatic rings. The molecule has 35 heavy (non-hydrogen) atoms. The van der Waals surface area contributed by atoms with Crippen LogP contribution in [0, 0.1) is 0 Å². The lowest BCUT2D eigenvalue weighted by Crippen LogP contribution is -2.50. The van der Waals surface area contributed by atoms with Crippen LogP contribution in [0.15, 0.2) is 42.6 Å². The van der Waals surface area contributed by atoms with Crippen LogP contribution in [-0.4, -0.2) is 53.6 Å². The molecule has 0 saturated carbocycles. The van der Waals surface area contributed by atoms with E-state index in [0.717, 1.165) is 65.9 Å². The lowest BCUT2D eigenvalue weighted by Gasteiger charge is -2.40. The number of hydrogen-bond donors (Lipinski definition) is 2. The Labute approximate surface area is 209 Å². The van der Waals surface area contributed by atoms with E-state index in [0.29, 0.717) is 36.5 Å². The first-order chi connectivity index (χ1) is 17.1. The molecule has 0 aliphatic carbocycles. The molecule has 2 aromatic carbocycles. The van der Waals surface area contributed by atoms with E-state index in [1.807, 2.05) is 24.3 Å². The van der Waals surface area contributed by atoms with E-state index < -0.39 is 6.10 Å². The molecule has 2 saturated heterocycles. The molecular weight excluding hydrogens is 466 g/mol. The molecule has 3 aromatic rings. The van der Waals surface area contributed by atoms with Crippen molar-refractivity contribution in [2.45, 2.75) is 56.5 Å². The van der Waals surface area contributed by atoms with Crippen LogP contribution < -0.4 is 19.5 Å². The number of rotatable bonds is 7. The molecule has 3 unspecified atom stereocenters. The molecule has 0 radical (unpaired) electrons. The minimum atomic E-state index is -0.693. The first-order valence-corrected chi connectivity index (χ1v) is 12.6. The van der Waals surface area contributed by atoms with Crippen molar-refractivity contribution in [1.82, 2.24) is 15.2 Å². The number of pyridine rings is 1. The predicted molar refractivity (Wildman–Crippen MR) is 134 cm³/mol. The zero-order valence-corrected chi connectivity index (χ0v) is 20.5. The highest BCUT2D eigenvalue weighted by molar-refractivity contribution is 6.32. The average Bonchev–Trinajstić information content (AvgIpc) is 3.42. The number of aromatic nitrogens is 1. The summed E-state index contributed by atoms with van der Waals surface area (Å²) in [5, 5.41) is 16.4. The molecule has 0 spiro atoms. The number of nitrogens with one attached hydrogen (secondary N) is 1. The van der Waals surface area contributed by atoms with Crippen molar-refractivity contribution in [2.75, 3.05) is 20.4 Å². The van der Waals surface area contributed by atoms with Gasteiger partial charge in [-0.1, -0.05) is 17.7 Å². The molecule has 3 aliphatic heterocycles. The van der Waals surface area contributed by atoms with Crippen LogP contribution >= 0.6 is 11.6 Å². The first kappa shape index (κ1) is 22.9. The average molecular weight is 496 g/mol. The topological polar surface area (TPSA) is 76.1 Å². The van der Waals surface area contributed by atoms with E-state index in [4.69, 9.17) is 25.8 Å². The van der Waals surface area contributed by atoms with E-state index >= 15 is 0 Å². The van der Waals surface area contributed by atoms with Crippen LogP contribution in [0.4, 0.5) is 0 Å². The maximum Gasteiger partial charge on any atom is 0.231 e. The SMILES string of the molecule is COc1ccc2ncc(Cl)c(C(O)CN3C4CCC3CC(NCc3ccc5c(c3)OCO5)C4)c2c1. The number of piperidine rings is 1. The molecule has 2 bridgehead atoms. The largest absolute Gasteiger partial charge is 0.497 e. The number of nitrogens with zero attached hydrogens (tertiary/aromatic N) is 2. The lowest BCUT2D eigenvalue weighted by atomic mass is 9.95. The molecular formula is C27H30ClN3O4. The van der Waals surface area contributed by atoms with Crippen LogP contribution in [-0.2, 0) is 6.54 Å². The first-order valence-electron chi connectivity index (χ1n) is 12.3. The van der Waals surface area contributed by atoms with Crippen LogP contribution in [0.5, 0.6) is 17.2 Å². The van der Waals surface area contributed by atoms with Gasteiger partial charge in [0, 0.05) is 48.4 Å². The van der Waals surface area contributed by atoms with Crippen molar-refractivity contribution in [3.05, 3.63) is 58.7 Å². The monoisotopic (exact) mass is 495 g/mol. The number of ether oxygens (including phenoxy) is 3.